The topological polar surface area (TPSA) is 70.9 Å². The van der Waals surface area contributed by atoms with Gasteiger partial charge in [0.05, 0.1) is 6.61 Å². The molecule has 0 radical (unpaired) electrons. The molecule has 120 valence electrons. The molecule has 0 aliphatic rings. The van der Waals surface area contributed by atoms with Gasteiger partial charge in [-0.25, -0.2) is 15.0 Å². The fraction of sp³-hybridized carbons (Fsp3) is 0.267. The molecule has 0 saturated carbocycles. The maximum Gasteiger partial charge on any atom is 0.191 e. The van der Waals surface area contributed by atoms with Gasteiger partial charge < -0.3 is 10.4 Å². The van der Waals surface area contributed by atoms with Gasteiger partial charge in [-0.2, -0.15) is 0 Å². The smallest absolute Gasteiger partial charge is 0.191 e. The molecule has 2 aromatic heterocycles. The molecular weight excluding hydrogens is 396 g/mol. The molecular formula is C15H15BrN4OS2. The van der Waals surface area contributed by atoms with E-state index in [1.54, 1.807) is 11.8 Å². The highest BCUT2D eigenvalue weighted by atomic mass is 79.9. The number of anilines is 1. The van der Waals surface area contributed by atoms with Crippen molar-refractivity contribution in [2.75, 3.05) is 11.9 Å². The van der Waals surface area contributed by atoms with Gasteiger partial charge in [-0.15, -0.1) is 11.3 Å². The molecule has 0 aliphatic carbocycles. The zero-order chi connectivity index (χ0) is 16.2. The number of aliphatic hydroxyl groups excluding tert-OH is 1. The predicted octanol–water partition coefficient (Wildman–Crippen LogP) is 3.93. The minimum Gasteiger partial charge on any atom is -0.394 e. The van der Waals surface area contributed by atoms with Crippen molar-refractivity contribution < 1.29 is 5.11 Å². The van der Waals surface area contributed by atoms with Crippen molar-refractivity contribution in [2.24, 2.45) is 0 Å². The minimum atomic E-state index is -0.0825. The first-order valence-electron chi connectivity index (χ1n) is 7.04. The summed E-state index contributed by atoms with van der Waals surface area (Å²) in [4.78, 5) is 13.5. The van der Waals surface area contributed by atoms with Gasteiger partial charge >= 0.3 is 0 Å². The third kappa shape index (κ3) is 4.20. The first kappa shape index (κ1) is 16.6. The molecule has 0 fully saturated rings. The van der Waals surface area contributed by atoms with E-state index >= 15 is 0 Å². The average Bonchev–Trinajstić information content (AvgIpc) is 2.94. The van der Waals surface area contributed by atoms with Crippen molar-refractivity contribution >= 4 is 55.2 Å². The van der Waals surface area contributed by atoms with Crippen LogP contribution in [0.1, 0.15) is 12.5 Å². The predicted molar refractivity (Wildman–Crippen MR) is 99.1 cm³/mol. The molecule has 3 rings (SSSR count). The van der Waals surface area contributed by atoms with Crippen LogP contribution in [0.15, 0.2) is 39.4 Å². The molecule has 2 heterocycles. The molecule has 0 saturated heterocycles. The van der Waals surface area contributed by atoms with E-state index in [-0.39, 0.29) is 12.6 Å². The molecule has 5 nitrogen and oxygen atoms in total. The molecule has 2 N–H and O–H groups in total. The molecule has 1 aromatic carbocycles. The molecule has 8 heteroatoms. The van der Waals surface area contributed by atoms with Crippen molar-refractivity contribution in [3.05, 3.63) is 39.8 Å². The number of nitrogens with one attached hydrogen (secondary N) is 1. The van der Waals surface area contributed by atoms with Gasteiger partial charge in [-0.05, 0) is 28.4 Å². The number of thiazole rings is 1. The number of aliphatic hydroxyl groups is 1. The van der Waals surface area contributed by atoms with Crippen molar-refractivity contribution in [2.45, 2.75) is 23.9 Å². The number of nitrogens with zero attached hydrogens (tertiary/aromatic N) is 3. The summed E-state index contributed by atoms with van der Waals surface area (Å²) in [7, 11) is 0. The zero-order valence-electron chi connectivity index (χ0n) is 12.4. The lowest BCUT2D eigenvalue weighted by atomic mass is 10.2. The van der Waals surface area contributed by atoms with Crippen LogP contribution in [0, 0.1) is 0 Å². The molecule has 0 aliphatic heterocycles. The lowest BCUT2D eigenvalue weighted by Crippen LogP contribution is -2.20. The van der Waals surface area contributed by atoms with Gasteiger partial charge in [0.2, 0.25) is 0 Å². The highest BCUT2D eigenvalue weighted by Gasteiger charge is 2.14. The van der Waals surface area contributed by atoms with E-state index in [9.17, 15) is 5.11 Å². The number of hydrogen-bond acceptors (Lipinski definition) is 7. The van der Waals surface area contributed by atoms with Crippen LogP contribution >= 0.6 is 39.0 Å². The van der Waals surface area contributed by atoms with Gasteiger partial charge in [-0.3, -0.25) is 0 Å². The van der Waals surface area contributed by atoms with Crippen LogP contribution in [-0.4, -0.2) is 32.7 Å². The van der Waals surface area contributed by atoms with E-state index in [0.717, 1.165) is 20.2 Å². The van der Waals surface area contributed by atoms with E-state index in [1.807, 2.05) is 25.1 Å². The van der Waals surface area contributed by atoms with Crippen molar-refractivity contribution in [3.8, 4) is 0 Å². The number of halogens is 1. The van der Waals surface area contributed by atoms with E-state index in [0.29, 0.717) is 10.8 Å². The number of fused-ring (bicyclic) bond motifs is 1. The quantitative estimate of drug-likeness (QED) is 0.473. The molecule has 0 unspecified atom stereocenters. The normalized spacial score (nSPS) is 12.5. The van der Waals surface area contributed by atoms with Crippen molar-refractivity contribution in [1.82, 2.24) is 15.0 Å². The van der Waals surface area contributed by atoms with E-state index in [2.05, 4.69) is 48.3 Å². The van der Waals surface area contributed by atoms with Crippen LogP contribution in [0.2, 0.25) is 0 Å². The fourth-order valence-electron chi connectivity index (χ4n) is 1.94. The van der Waals surface area contributed by atoms with Crippen LogP contribution < -0.4 is 5.32 Å². The first-order chi connectivity index (χ1) is 11.2. The highest BCUT2D eigenvalue weighted by Crippen LogP contribution is 2.32. The summed E-state index contributed by atoms with van der Waals surface area (Å²) in [6.45, 7) is 1.94. The van der Waals surface area contributed by atoms with Gasteiger partial charge in [0.15, 0.2) is 20.5 Å². The standard InChI is InChI=1S/C15H15BrN4OS2/c1-9(7-21)17-12-11-13(18-14(16)23-11)20-15(19-12)22-8-10-5-3-2-4-6-10/h2-6,9,21H,7-8H2,1H3,(H,17,19,20)/t9-/m1/s1. The Kier molecular flexibility index (Phi) is 5.47. The maximum atomic E-state index is 9.26. The molecule has 0 bridgehead atoms. The summed E-state index contributed by atoms with van der Waals surface area (Å²) in [6, 6.07) is 10.1. The SMILES string of the molecule is C[C@H](CO)Nc1nc(SCc2ccccc2)nc2nc(Br)sc12. The lowest BCUT2D eigenvalue weighted by molar-refractivity contribution is 0.281. The Labute approximate surface area is 150 Å². The van der Waals surface area contributed by atoms with E-state index in [1.165, 1.54) is 16.9 Å². The second kappa shape index (κ2) is 7.57. The third-order valence-corrected chi connectivity index (χ3v) is 5.50. The zero-order valence-corrected chi connectivity index (χ0v) is 15.6. The Hall–Kier alpha value is -1.22. The Morgan fingerprint density at radius 3 is 2.78 bits per heavy atom. The molecule has 3 aromatic rings. The summed E-state index contributed by atoms with van der Waals surface area (Å²) in [5.74, 6) is 1.52. The largest absolute Gasteiger partial charge is 0.394 e. The van der Waals surface area contributed by atoms with E-state index < -0.39 is 0 Å². The minimum absolute atomic E-state index is 0.0396. The second-order valence-electron chi connectivity index (χ2n) is 4.98. The Balaban J connectivity index is 1.88. The summed E-state index contributed by atoms with van der Waals surface area (Å²) in [5.41, 5.74) is 1.89. The van der Waals surface area contributed by atoms with Crippen LogP contribution in [-0.2, 0) is 5.75 Å². The monoisotopic (exact) mass is 410 g/mol. The van der Waals surface area contributed by atoms with Crippen LogP contribution in [0.25, 0.3) is 10.3 Å². The van der Waals surface area contributed by atoms with Gasteiger partial charge in [0.1, 0.15) is 4.70 Å². The lowest BCUT2D eigenvalue weighted by Gasteiger charge is -2.12. The fourth-order valence-corrected chi connectivity index (χ4v) is 4.08. The number of thioether (sulfide) groups is 1. The van der Waals surface area contributed by atoms with Crippen LogP contribution in [0.4, 0.5) is 5.82 Å². The first-order valence-corrected chi connectivity index (χ1v) is 9.63. The average molecular weight is 411 g/mol. The summed E-state index contributed by atoms with van der Waals surface area (Å²) in [6.07, 6.45) is 0. The number of rotatable bonds is 6. The van der Waals surface area contributed by atoms with Crippen molar-refractivity contribution in [3.63, 3.8) is 0 Å². The van der Waals surface area contributed by atoms with Gasteiger partial charge in [0.25, 0.3) is 0 Å². The number of aromatic nitrogens is 3. The van der Waals surface area contributed by atoms with E-state index in [4.69, 9.17) is 0 Å². The number of hydrogen-bond donors (Lipinski definition) is 2. The molecule has 23 heavy (non-hydrogen) atoms. The van der Waals surface area contributed by atoms with Gasteiger partial charge in [-0.1, -0.05) is 42.1 Å². The van der Waals surface area contributed by atoms with Gasteiger partial charge in [0, 0.05) is 11.8 Å². The van der Waals surface area contributed by atoms with Crippen LogP contribution in [0.5, 0.6) is 0 Å². The highest BCUT2D eigenvalue weighted by molar-refractivity contribution is 9.11. The maximum absolute atomic E-state index is 9.26. The van der Waals surface area contributed by atoms with Crippen molar-refractivity contribution in [1.29, 1.82) is 0 Å². The summed E-state index contributed by atoms with van der Waals surface area (Å²) >= 11 is 6.45. The summed E-state index contributed by atoms with van der Waals surface area (Å²) in [5, 5.41) is 13.2. The Morgan fingerprint density at radius 2 is 2.04 bits per heavy atom. The Bertz CT molecular complexity index is 797. The molecule has 0 amide bonds. The Morgan fingerprint density at radius 1 is 1.26 bits per heavy atom. The summed E-state index contributed by atoms with van der Waals surface area (Å²) < 4.78 is 1.66. The van der Waals surface area contributed by atoms with Crippen LogP contribution in [0.3, 0.4) is 0 Å². The number of benzene rings is 1. The molecule has 0 spiro atoms. The third-order valence-electron chi connectivity index (χ3n) is 3.07. The molecule has 1 atom stereocenters. The second-order valence-corrected chi connectivity index (χ2v) is 8.19.